The molecule has 94 valence electrons. The van der Waals surface area contributed by atoms with Crippen molar-refractivity contribution in [2.45, 2.75) is 13.3 Å². The minimum Gasteiger partial charge on any atom is -0.292 e. The normalized spacial score (nSPS) is 9.95. The zero-order valence-electron chi connectivity index (χ0n) is 10.4. The summed E-state index contributed by atoms with van der Waals surface area (Å²) in [6.07, 6.45) is 1.54. The topological polar surface area (TPSA) is 34.3 Å². The Morgan fingerprint density at radius 3 is 2.74 bits per heavy atom. The number of nitrogens with zero attached hydrogens (tertiary/aromatic N) is 2. The molecular formula is C15H11FN2O. The van der Waals surface area contributed by atoms with Crippen molar-refractivity contribution in [2.24, 2.45) is 0 Å². The molecule has 0 saturated carbocycles. The van der Waals surface area contributed by atoms with Gasteiger partial charge in [0.2, 0.25) is 5.69 Å². The fourth-order valence-corrected chi connectivity index (χ4v) is 1.71. The average Bonchev–Trinajstić information content (AvgIpc) is 2.43. The van der Waals surface area contributed by atoms with Gasteiger partial charge in [-0.05, 0) is 30.2 Å². The first-order chi connectivity index (χ1) is 9.10. The summed E-state index contributed by atoms with van der Waals surface area (Å²) in [5.41, 5.74) is 1.98. The molecule has 0 atom stereocenters. The van der Waals surface area contributed by atoms with Crippen molar-refractivity contribution in [3.05, 3.63) is 70.6 Å². The Balaban J connectivity index is 2.16. The number of benzene rings is 1. The van der Waals surface area contributed by atoms with Crippen LogP contribution in [0.1, 0.15) is 21.6 Å². The van der Waals surface area contributed by atoms with Gasteiger partial charge in [0, 0.05) is 12.6 Å². The fourth-order valence-electron chi connectivity index (χ4n) is 1.71. The number of aromatic nitrogens is 1. The van der Waals surface area contributed by atoms with E-state index >= 15 is 0 Å². The van der Waals surface area contributed by atoms with E-state index in [1.165, 1.54) is 18.3 Å². The van der Waals surface area contributed by atoms with Crippen LogP contribution in [0.2, 0.25) is 0 Å². The molecule has 0 aliphatic carbocycles. The standard InChI is InChI=1S/C15H11FN2O/c1-10-7-11(3-5-13(10)16)8-15(19)14-6-4-12(17-2)9-18-14/h3-7,9H,8H2,1H3. The van der Waals surface area contributed by atoms with Gasteiger partial charge in [-0.2, -0.15) is 0 Å². The second-order valence-electron chi connectivity index (χ2n) is 4.20. The Bertz CT molecular complexity index is 657. The molecule has 0 aliphatic rings. The van der Waals surface area contributed by atoms with Gasteiger partial charge in [0.25, 0.3) is 0 Å². The first-order valence-corrected chi connectivity index (χ1v) is 5.72. The molecule has 3 nitrogen and oxygen atoms in total. The highest BCUT2D eigenvalue weighted by Gasteiger charge is 2.09. The van der Waals surface area contributed by atoms with Gasteiger partial charge in [-0.25, -0.2) is 9.24 Å². The molecule has 0 spiro atoms. The first kappa shape index (κ1) is 12.9. The molecule has 0 radical (unpaired) electrons. The van der Waals surface area contributed by atoms with Crippen LogP contribution in [0.15, 0.2) is 36.5 Å². The number of carbonyl (C=O) groups is 1. The largest absolute Gasteiger partial charge is 0.292 e. The van der Waals surface area contributed by atoms with Crippen molar-refractivity contribution in [3.63, 3.8) is 0 Å². The molecule has 1 heterocycles. The molecule has 19 heavy (non-hydrogen) atoms. The van der Waals surface area contributed by atoms with Crippen molar-refractivity contribution < 1.29 is 9.18 Å². The van der Waals surface area contributed by atoms with Crippen molar-refractivity contribution in [1.82, 2.24) is 4.98 Å². The summed E-state index contributed by atoms with van der Waals surface area (Å²) in [5, 5.41) is 0. The van der Waals surface area contributed by atoms with E-state index in [1.54, 1.807) is 25.1 Å². The highest BCUT2D eigenvalue weighted by atomic mass is 19.1. The summed E-state index contributed by atoms with van der Waals surface area (Å²) in [7, 11) is 0. The van der Waals surface area contributed by atoms with Crippen LogP contribution >= 0.6 is 0 Å². The summed E-state index contributed by atoms with van der Waals surface area (Å²) in [6, 6.07) is 7.69. The lowest BCUT2D eigenvalue weighted by atomic mass is 10.0. The molecule has 2 rings (SSSR count). The van der Waals surface area contributed by atoms with Crippen LogP contribution in [-0.2, 0) is 6.42 Å². The summed E-state index contributed by atoms with van der Waals surface area (Å²) >= 11 is 0. The third-order valence-corrected chi connectivity index (χ3v) is 2.75. The van der Waals surface area contributed by atoms with Crippen LogP contribution in [0.25, 0.3) is 4.85 Å². The molecule has 4 heteroatoms. The Labute approximate surface area is 110 Å². The van der Waals surface area contributed by atoms with Crippen molar-refractivity contribution in [1.29, 1.82) is 0 Å². The zero-order valence-corrected chi connectivity index (χ0v) is 10.4. The molecule has 2 aromatic rings. The van der Waals surface area contributed by atoms with E-state index in [4.69, 9.17) is 6.57 Å². The van der Waals surface area contributed by atoms with Gasteiger partial charge in [-0.1, -0.05) is 18.2 Å². The molecule has 1 aromatic heterocycles. The van der Waals surface area contributed by atoms with E-state index in [1.807, 2.05) is 0 Å². The molecule has 0 fully saturated rings. The summed E-state index contributed by atoms with van der Waals surface area (Å²) < 4.78 is 13.1. The molecule has 0 bridgehead atoms. The summed E-state index contributed by atoms with van der Waals surface area (Å²) in [6.45, 7) is 8.47. The van der Waals surface area contributed by atoms with E-state index in [0.29, 0.717) is 16.9 Å². The van der Waals surface area contributed by atoms with Crippen LogP contribution < -0.4 is 0 Å². The van der Waals surface area contributed by atoms with Crippen LogP contribution in [-0.4, -0.2) is 10.8 Å². The maximum absolute atomic E-state index is 13.1. The summed E-state index contributed by atoms with van der Waals surface area (Å²) in [5.74, 6) is -0.432. The van der Waals surface area contributed by atoms with Gasteiger partial charge in [0.05, 0.1) is 6.57 Å². The van der Waals surface area contributed by atoms with Gasteiger partial charge in [-0.3, -0.25) is 9.78 Å². The van der Waals surface area contributed by atoms with E-state index in [2.05, 4.69) is 9.83 Å². The second kappa shape index (κ2) is 5.40. The molecule has 1 aromatic carbocycles. The number of hydrogen-bond donors (Lipinski definition) is 0. The number of ketones is 1. The van der Waals surface area contributed by atoms with Crippen molar-refractivity contribution in [3.8, 4) is 0 Å². The SMILES string of the molecule is [C-]#[N+]c1ccc(C(=O)Cc2ccc(F)c(C)c2)nc1. The van der Waals surface area contributed by atoms with Crippen LogP contribution in [0.4, 0.5) is 10.1 Å². The zero-order chi connectivity index (χ0) is 13.8. The third kappa shape index (κ3) is 3.02. The molecule has 0 saturated heterocycles. The van der Waals surface area contributed by atoms with E-state index in [0.717, 1.165) is 5.56 Å². The number of aryl methyl sites for hydroxylation is 1. The fraction of sp³-hybridized carbons (Fsp3) is 0.133. The van der Waals surface area contributed by atoms with E-state index in [9.17, 15) is 9.18 Å². The van der Waals surface area contributed by atoms with Crippen molar-refractivity contribution in [2.75, 3.05) is 0 Å². The third-order valence-electron chi connectivity index (χ3n) is 2.75. The minimum absolute atomic E-state index is 0.150. The van der Waals surface area contributed by atoms with Crippen LogP contribution in [0, 0.1) is 19.3 Å². The lowest BCUT2D eigenvalue weighted by molar-refractivity contribution is 0.0988. The summed E-state index contributed by atoms with van der Waals surface area (Å²) in [4.78, 5) is 19.1. The Morgan fingerprint density at radius 1 is 1.37 bits per heavy atom. The van der Waals surface area contributed by atoms with Crippen LogP contribution in [0.5, 0.6) is 0 Å². The van der Waals surface area contributed by atoms with E-state index < -0.39 is 0 Å². The van der Waals surface area contributed by atoms with Gasteiger partial charge < -0.3 is 0 Å². The molecule has 0 amide bonds. The monoisotopic (exact) mass is 254 g/mol. The lowest BCUT2D eigenvalue weighted by Crippen LogP contribution is -2.05. The number of carbonyl (C=O) groups excluding carboxylic acids is 1. The quantitative estimate of drug-likeness (QED) is 0.620. The van der Waals surface area contributed by atoms with Gasteiger partial charge in [0.15, 0.2) is 5.78 Å². The van der Waals surface area contributed by atoms with Gasteiger partial charge in [-0.15, -0.1) is 0 Å². The Morgan fingerprint density at radius 2 is 2.16 bits per heavy atom. The lowest BCUT2D eigenvalue weighted by Gasteiger charge is -2.03. The predicted molar refractivity (Wildman–Crippen MR) is 69.7 cm³/mol. The molecule has 0 aliphatic heterocycles. The number of rotatable bonds is 3. The number of hydrogen-bond acceptors (Lipinski definition) is 2. The average molecular weight is 254 g/mol. The Kier molecular flexibility index (Phi) is 3.67. The van der Waals surface area contributed by atoms with Crippen molar-refractivity contribution >= 4 is 11.5 Å². The maximum atomic E-state index is 13.1. The number of pyridine rings is 1. The molecule has 0 N–H and O–H groups in total. The smallest absolute Gasteiger partial charge is 0.205 e. The number of halogens is 1. The first-order valence-electron chi connectivity index (χ1n) is 5.72. The van der Waals surface area contributed by atoms with E-state index in [-0.39, 0.29) is 18.0 Å². The number of Topliss-reactive ketones (excluding diaryl/α,β-unsaturated/α-hetero) is 1. The Hall–Kier alpha value is -2.54. The highest BCUT2D eigenvalue weighted by Crippen LogP contribution is 2.14. The van der Waals surface area contributed by atoms with Gasteiger partial charge in [0.1, 0.15) is 11.5 Å². The molecule has 0 unspecified atom stereocenters. The minimum atomic E-state index is -0.282. The predicted octanol–water partition coefficient (Wildman–Crippen LogP) is 3.51. The van der Waals surface area contributed by atoms with Crippen LogP contribution in [0.3, 0.4) is 0 Å². The second-order valence-corrected chi connectivity index (χ2v) is 4.20. The maximum Gasteiger partial charge on any atom is 0.205 e. The highest BCUT2D eigenvalue weighted by molar-refractivity contribution is 5.95. The molecular weight excluding hydrogens is 243 g/mol. The van der Waals surface area contributed by atoms with Gasteiger partial charge >= 0.3 is 0 Å².